The van der Waals surface area contributed by atoms with E-state index in [1.165, 1.54) is 32.1 Å². The van der Waals surface area contributed by atoms with Crippen LogP contribution >= 0.6 is 0 Å². The van der Waals surface area contributed by atoms with Crippen molar-refractivity contribution in [2.24, 2.45) is 23.7 Å². The van der Waals surface area contributed by atoms with Crippen molar-refractivity contribution in [2.75, 3.05) is 0 Å². The first kappa shape index (κ1) is 12.0. The van der Waals surface area contributed by atoms with Crippen LogP contribution in [-0.2, 0) is 6.54 Å². The van der Waals surface area contributed by atoms with Gasteiger partial charge in [0.1, 0.15) is 12.6 Å². The summed E-state index contributed by atoms with van der Waals surface area (Å²) in [5, 5.41) is 22.4. The average Bonchev–Trinajstić information content (AvgIpc) is 2.81. The third-order valence-corrected chi connectivity index (χ3v) is 5.71. The second kappa shape index (κ2) is 4.35. The summed E-state index contributed by atoms with van der Waals surface area (Å²) in [6, 6.07) is 6.24. The Kier molecular flexibility index (Phi) is 2.60. The molecule has 0 unspecified atom stereocenters. The Labute approximate surface area is 119 Å². The maximum Gasteiger partial charge on any atom is 0.162 e. The average molecular weight is 266 g/mol. The number of nitriles is 2. The van der Waals surface area contributed by atoms with Crippen molar-refractivity contribution < 1.29 is 0 Å². The zero-order chi connectivity index (χ0) is 13.7. The molecule has 0 amide bonds. The van der Waals surface area contributed by atoms with Crippen molar-refractivity contribution >= 4 is 0 Å². The van der Waals surface area contributed by atoms with Crippen molar-refractivity contribution in [1.82, 2.24) is 9.78 Å². The Balaban J connectivity index is 1.72. The van der Waals surface area contributed by atoms with Gasteiger partial charge in [-0.2, -0.15) is 15.6 Å². The van der Waals surface area contributed by atoms with Crippen LogP contribution in [0.3, 0.4) is 0 Å². The summed E-state index contributed by atoms with van der Waals surface area (Å²) in [4.78, 5) is 0. The van der Waals surface area contributed by atoms with Gasteiger partial charge in [-0.1, -0.05) is 0 Å². The molecule has 4 heteroatoms. The molecule has 1 heterocycles. The van der Waals surface area contributed by atoms with Crippen molar-refractivity contribution in [3.05, 3.63) is 17.5 Å². The van der Waals surface area contributed by atoms with Gasteiger partial charge in [0, 0.05) is 11.6 Å². The van der Waals surface area contributed by atoms with Gasteiger partial charge in [-0.3, -0.25) is 4.68 Å². The summed E-state index contributed by atoms with van der Waals surface area (Å²) in [5.74, 6) is 3.93. The smallest absolute Gasteiger partial charge is 0.162 e. The Morgan fingerprint density at radius 3 is 2.30 bits per heavy atom. The molecule has 4 fully saturated rings. The maximum atomic E-state index is 9.09. The van der Waals surface area contributed by atoms with Crippen LogP contribution < -0.4 is 0 Å². The van der Waals surface area contributed by atoms with Crippen molar-refractivity contribution in [1.29, 1.82) is 10.5 Å². The second-order valence-electron chi connectivity index (χ2n) is 6.84. The van der Waals surface area contributed by atoms with Gasteiger partial charge < -0.3 is 0 Å². The van der Waals surface area contributed by atoms with Crippen LogP contribution in [0.25, 0.3) is 0 Å². The third-order valence-electron chi connectivity index (χ3n) is 5.71. The third kappa shape index (κ3) is 1.68. The molecule has 4 aliphatic carbocycles. The minimum atomic E-state index is 0.264. The topological polar surface area (TPSA) is 65.4 Å². The van der Waals surface area contributed by atoms with Crippen molar-refractivity contribution in [3.63, 3.8) is 0 Å². The van der Waals surface area contributed by atoms with Gasteiger partial charge >= 0.3 is 0 Å². The highest BCUT2D eigenvalue weighted by atomic mass is 15.3. The maximum absolute atomic E-state index is 9.09. The van der Waals surface area contributed by atoms with Crippen LogP contribution in [0.4, 0.5) is 0 Å². The molecular weight excluding hydrogens is 248 g/mol. The molecule has 20 heavy (non-hydrogen) atoms. The summed E-state index contributed by atoms with van der Waals surface area (Å²) in [6.07, 6.45) is 6.82. The van der Waals surface area contributed by atoms with Gasteiger partial charge in [-0.25, -0.2) is 0 Å². The Morgan fingerprint density at radius 1 is 1.10 bits per heavy atom. The van der Waals surface area contributed by atoms with Gasteiger partial charge in [0.05, 0.1) is 6.07 Å². The van der Waals surface area contributed by atoms with Crippen LogP contribution in [0.1, 0.15) is 49.4 Å². The predicted octanol–water partition coefficient (Wildman–Crippen LogP) is 2.82. The molecule has 1 aromatic rings. The minimum Gasteiger partial charge on any atom is -0.254 e. The highest BCUT2D eigenvalue weighted by Gasteiger charge is 2.49. The summed E-state index contributed by atoms with van der Waals surface area (Å²) < 4.78 is 1.78. The first-order valence-corrected chi connectivity index (χ1v) is 7.63. The fourth-order valence-electron chi connectivity index (χ4n) is 5.36. The molecule has 0 atom stereocenters. The number of rotatable bonds is 2. The molecule has 4 nitrogen and oxygen atoms in total. The summed E-state index contributed by atoms with van der Waals surface area (Å²) in [5.41, 5.74) is 1.61. The lowest BCUT2D eigenvalue weighted by Crippen LogP contribution is -2.44. The monoisotopic (exact) mass is 266 g/mol. The largest absolute Gasteiger partial charge is 0.254 e. The van der Waals surface area contributed by atoms with E-state index < -0.39 is 0 Å². The van der Waals surface area contributed by atoms with E-state index in [1.54, 1.807) is 4.68 Å². The van der Waals surface area contributed by atoms with Gasteiger partial charge in [0.15, 0.2) is 5.69 Å². The minimum absolute atomic E-state index is 0.264. The van der Waals surface area contributed by atoms with Crippen molar-refractivity contribution in [2.45, 2.75) is 44.6 Å². The molecule has 4 saturated carbocycles. The molecule has 102 valence electrons. The van der Waals surface area contributed by atoms with E-state index in [-0.39, 0.29) is 6.54 Å². The number of hydrogen-bond acceptors (Lipinski definition) is 3. The molecule has 0 aliphatic heterocycles. The van der Waals surface area contributed by atoms with Crippen LogP contribution in [0.2, 0.25) is 0 Å². The lowest BCUT2D eigenvalue weighted by atomic mass is 9.51. The zero-order valence-electron chi connectivity index (χ0n) is 11.5. The molecule has 0 saturated heterocycles. The lowest BCUT2D eigenvalue weighted by molar-refractivity contribution is -0.00547. The molecule has 0 radical (unpaired) electrons. The van der Waals surface area contributed by atoms with Crippen LogP contribution in [0.5, 0.6) is 0 Å². The lowest BCUT2D eigenvalue weighted by Gasteiger charge is -2.54. The van der Waals surface area contributed by atoms with Crippen LogP contribution in [0.15, 0.2) is 6.07 Å². The van der Waals surface area contributed by atoms with E-state index in [0.717, 1.165) is 29.4 Å². The zero-order valence-corrected chi connectivity index (χ0v) is 11.5. The second-order valence-corrected chi connectivity index (χ2v) is 6.84. The normalized spacial score (nSPS) is 37.6. The van der Waals surface area contributed by atoms with E-state index in [4.69, 9.17) is 10.5 Å². The van der Waals surface area contributed by atoms with Gasteiger partial charge in [0.25, 0.3) is 0 Å². The SMILES string of the molecule is N#CCn1nc(C#N)cc1C1C2CC3CC(C2)CC1C3. The molecule has 1 aromatic heterocycles. The first-order valence-electron chi connectivity index (χ1n) is 7.63. The highest BCUT2D eigenvalue weighted by Crippen LogP contribution is 2.59. The number of nitrogens with zero attached hydrogens (tertiary/aromatic N) is 4. The Hall–Kier alpha value is -1.81. The first-order chi connectivity index (χ1) is 9.78. The summed E-state index contributed by atoms with van der Waals surface area (Å²) >= 11 is 0. The summed E-state index contributed by atoms with van der Waals surface area (Å²) in [7, 11) is 0. The Morgan fingerprint density at radius 2 is 1.75 bits per heavy atom. The fraction of sp³-hybridized carbons (Fsp3) is 0.688. The van der Waals surface area contributed by atoms with E-state index >= 15 is 0 Å². The quantitative estimate of drug-likeness (QED) is 0.826. The van der Waals surface area contributed by atoms with E-state index in [0.29, 0.717) is 11.6 Å². The number of hydrogen-bond donors (Lipinski definition) is 0. The van der Waals surface area contributed by atoms with Gasteiger partial charge in [-0.05, 0) is 61.8 Å². The van der Waals surface area contributed by atoms with Crippen molar-refractivity contribution in [3.8, 4) is 12.1 Å². The van der Waals surface area contributed by atoms with E-state index in [2.05, 4.69) is 17.2 Å². The summed E-state index contributed by atoms with van der Waals surface area (Å²) in [6.45, 7) is 0.264. The number of aromatic nitrogens is 2. The Bertz CT molecular complexity index is 587. The molecule has 0 aromatic carbocycles. The van der Waals surface area contributed by atoms with Gasteiger partial charge in [0.2, 0.25) is 0 Å². The van der Waals surface area contributed by atoms with E-state index in [1.807, 2.05) is 6.07 Å². The molecule has 4 bridgehead atoms. The molecule has 0 N–H and O–H groups in total. The predicted molar refractivity (Wildman–Crippen MR) is 72.3 cm³/mol. The molecule has 0 spiro atoms. The van der Waals surface area contributed by atoms with Crippen LogP contribution in [0, 0.1) is 46.3 Å². The van der Waals surface area contributed by atoms with E-state index in [9.17, 15) is 0 Å². The standard InChI is InChI=1S/C16H18N4/c17-1-2-20-15(8-14(9-18)19-20)16-12-4-10-3-11(6-12)7-13(16)5-10/h8,10-13,16H,2-7H2. The molecular formula is C16H18N4. The highest BCUT2D eigenvalue weighted by molar-refractivity contribution is 5.27. The fourth-order valence-corrected chi connectivity index (χ4v) is 5.36. The molecule has 4 aliphatic rings. The molecule has 5 rings (SSSR count). The van der Waals surface area contributed by atoms with Crippen LogP contribution in [-0.4, -0.2) is 9.78 Å². The van der Waals surface area contributed by atoms with Gasteiger partial charge in [-0.15, -0.1) is 0 Å².